The summed E-state index contributed by atoms with van der Waals surface area (Å²) in [6, 6.07) is 58.2. The molecule has 5 heteroatoms. The number of aryl methyl sites for hydroxylation is 1. The molecular weight excluding hydrogens is 1020 g/mol. The zero-order valence-corrected chi connectivity index (χ0v) is 44.1. The Bertz CT molecular complexity index is 3380. The predicted molar refractivity (Wildman–Crippen MR) is 288 cm³/mol. The number of fused-ring (bicyclic) bond motifs is 1. The number of nitrogens with zero attached hydrogens (tertiary/aromatic N) is 3. The number of aromatic nitrogens is 3. The Kier molecular flexibility index (Phi) is 13.2. The van der Waals surface area contributed by atoms with E-state index in [1.165, 1.54) is 5.56 Å². The van der Waals surface area contributed by atoms with E-state index in [0.717, 1.165) is 100 Å². The van der Waals surface area contributed by atoms with Crippen LogP contribution in [0.3, 0.4) is 0 Å². The molecule has 4 nitrogen and oxygen atoms in total. The number of imidazole rings is 1. The molecule has 0 radical (unpaired) electrons. The number of pyridine rings is 1. The molecule has 69 heavy (non-hydrogen) atoms. The third-order valence-electron chi connectivity index (χ3n) is 13.3. The molecule has 0 saturated carbocycles. The summed E-state index contributed by atoms with van der Waals surface area (Å²) in [7, 11) is 2.08. The van der Waals surface area contributed by atoms with Gasteiger partial charge in [-0.15, -0.1) is 23.8 Å². The van der Waals surface area contributed by atoms with Gasteiger partial charge in [0.15, 0.2) is 0 Å². The van der Waals surface area contributed by atoms with Crippen molar-refractivity contribution in [3.05, 3.63) is 193 Å². The molecule has 0 aliphatic heterocycles. The average molecular weight is 1080 g/mol. The number of rotatable bonds is 8. The van der Waals surface area contributed by atoms with Crippen molar-refractivity contribution in [2.75, 3.05) is 0 Å². The van der Waals surface area contributed by atoms with Gasteiger partial charge in [0.1, 0.15) is 11.6 Å². The van der Waals surface area contributed by atoms with E-state index in [1.807, 2.05) is 19.2 Å². The summed E-state index contributed by atoms with van der Waals surface area (Å²) < 4.78 is 2.17. The second-order valence-electron chi connectivity index (χ2n) is 21.5. The molecule has 0 fully saturated rings. The van der Waals surface area contributed by atoms with Crippen LogP contribution in [-0.4, -0.2) is 19.6 Å². The van der Waals surface area contributed by atoms with Crippen LogP contribution in [-0.2, 0) is 44.4 Å². The van der Waals surface area contributed by atoms with Gasteiger partial charge in [-0.25, -0.2) is 4.98 Å². The van der Waals surface area contributed by atoms with Crippen molar-refractivity contribution < 1.29 is 26.2 Å². The maximum Gasteiger partial charge on any atom is 0.143 e. The van der Waals surface area contributed by atoms with Crippen LogP contribution in [0.15, 0.2) is 164 Å². The molecule has 0 amide bonds. The number of benzene rings is 7. The van der Waals surface area contributed by atoms with Crippen molar-refractivity contribution in [1.82, 2.24) is 14.5 Å². The van der Waals surface area contributed by atoms with Gasteiger partial charge >= 0.3 is 0 Å². The number of hydrogen-bond acceptors (Lipinski definition) is 3. The molecule has 2 heterocycles. The summed E-state index contributed by atoms with van der Waals surface area (Å²) in [5.41, 5.74) is 19.5. The summed E-state index contributed by atoms with van der Waals surface area (Å²) in [6.45, 7) is 26.3. The van der Waals surface area contributed by atoms with Crippen LogP contribution < -0.4 is 0 Å². The second-order valence-corrected chi connectivity index (χ2v) is 21.5. The normalized spacial score (nSPS) is 12.0. The number of aromatic hydroxyl groups is 1. The fourth-order valence-corrected chi connectivity index (χ4v) is 9.27. The van der Waals surface area contributed by atoms with Crippen LogP contribution in [0, 0.1) is 6.07 Å². The van der Waals surface area contributed by atoms with Gasteiger partial charge in [-0.1, -0.05) is 212 Å². The van der Waals surface area contributed by atoms with Crippen molar-refractivity contribution in [2.24, 2.45) is 7.05 Å². The van der Waals surface area contributed by atoms with Crippen molar-refractivity contribution in [2.45, 2.75) is 85.5 Å². The van der Waals surface area contributed by atoms with Crippen LogP contribution in [0.5, 0.6) is 5.75 Å². The van der Waals surface area contributed by atoms with Crippen LogP contribution in [0.1, 0.15) is 91.5 Å². The zero-order chi connectivity index (χ0) is 48.3. The van der Waals surface area contributed by atoms with Crippen molar-refractivity contribution in [3.8, 4) is 84.0 Å². The minimum Gasteiger partial charge on any atom is -0.507 e. The summed E-state index contributed by atoms with van der Waals surface area (Å²) in [4.78, 5) is 10.6. The minimum absolute atomic E-state index is 0. The molecule has 0 spiro atoms. The van der Waals surface area contributed by atoms with Gasteiger partial charge in [-0.3, -0.25) is 4.98 Å². The van der Waals surface area contributed by atoms with Gasteiger partial charge in [0, 0.05) is 45.6 Å². The fourth-order valence-electron chi connectivity index (χ4n) is 9.27. The Morgan fingerprint density at radius 1 is 0.536 bits per heavy atom. The molecular formula is C64H62N3OPt-. The average Bonchev–Trinajstić information content (AvgIpc) is 3.65. The van der Waals surface area contributed by atoms with E-state index in [-0.39, 0.29) is 43.1 Å². The van der Waals surface area contributed by atoms with Gasteiger partial charge in [-0.2, -0.15) is 0 Å². The molecule has 2 aromatic heterocycles. The van der Waals surface area contributed by atoms with E-state index >= 15 is 0 Å². The first-order valence-corrected chi connectivity index (χ1v) is 23.7. The first-order chi connectivity index (χ1) is 32.3. The van der Waals surface area contributed by atoms with Gasteiger partial charge < -0.3 is 9.67 Å². The number of hydrogen-bond donors (Lipinski definition) is 1. The second kappa shape index (κ2) is 18.7. The van der Waals surface area contributed by atoms with Gasteiger partial charge in [0.25, 0.3) is 0 Å². The molecule has 0 unspecified atom stereocenters. The molecule has 7 aromatic carbocycles. The van der Waals surface area contributed by atoms with Gasteiger partial charge in [-0.05, 0) is 97.0 Å². The predicted octanol–water partition coefficient (Wildman–Crippen LogP) is 17.1. The van der Waals surface area contributed by atoms with Crippen LogP contribution in [0.2, 0.25) is 0 Å². The number of phenolic OH excluding ortho intramolecular Hbond substituents is 1. The summed E-state index contributed by atoms with van der Waals surface area (Å²) in [5.74, 6) is 0.951. The third kappa shape index (κ3) is 9.70. The SMILES string of the molecule is C=C(C)c1ccnc(-c2[c-]c(-c3cc(-c4cc(C(C)(C)C)ccc4-c4ccccc4)cc4c3nc(-c3cc(C(C)(C)C)cc(C(C)(C)C)c3O)n4C)cc(-c3ccccc3-c3ccccc3)c2)c1.[Pt]. The summed E-state index contributed by atoms with van der Waals surface area (Å²) in [6.07, 6.45) is 1.86. The van der Waals surface area contributed by atoms with Crippen LogP contribution in [0.4, 0.5) is 0 Å². The number of allylic oxidation sites excluding steroid dienone is 1. The van der Waals surface area contributed by atoms with E-state index in [2.05, 4.69) is 232 Å². The first-order valence-electron chi connectivity index (χ1n) is 23.7. The van der Waals surface area contributed by atoms with Crippen LogP contribution >= 0.6 is 0 Å². The standard InChI is InChI=1S/C64H62N3O.Pt/c1-40(2)43-29-30-65-57(35-43)47-32-44(51-26-20-19-25-50(51)41-21-15-13-16-22-41)31-45(33-47)54-34-46(53-37-48(62(3,4)5)27-28-52(53)42-23-17-14-18-24-42)36-58-59(54)66-61(67(58)12)55-38-49(63(6,7)8)39-56(60(55)68)64(9,10)11;/h13-32,34-39,68H,1H2,2-12H3;/q-1;. The van der Waals surface area contributed by atoms with Crippen LogP contribution in [0.25, 0.3) is 94.9 Å². The monoisotopic (exact) mass is 1080 g/mol. The Morgan fingerprint density at radius 2 is 1.09 bits per heavy atom. The molecule has 1 N–H and O–H groups in total. The molecule has 0 atom stereocenters. The van der Waals surface area contributed by atoms with Crippen molar-refractivity contribution >= 4 is 16.6 Å². The molecule has 350 valence electrons. The molecule has 9 rings (SSSR count). The largest absolute Gasteiger partial charge is 0.507 e. The Labute approximate surface area is 424 Å². The fraction of sp³-hybridized carbons (Fsp3) is 0.219. The van der Waals surface area contributed by atoms with E-state index in [9.17, 15) is 5.11 Å². The molecule has 9 aromatic rings. The van der Waals surface area contributed by atoms with Crippen molar-refractivity contribution in [3.63, 3.8) is 0 Å². The Morgan fingerprint density at radius 3 is 1.68 bits per heavy atom. The van der Waals surface area contributed by atoms with Crippen molar-refractivity contribution in [1.29, 1.82) is 0 Å². The summed E-state index contributed by atoms with van der Waals surface area (Å²) in [5, 5.41) is 12.3. The minimum atomic E-state index is -0.313. The molecule has 0 bridgehead atoms. The van der Waals surface area contributed by atoms with Gasteiger partial charge in [0.2, 0.25) is 0 Å². The Hall–Kier alpha value is -6.61. The first kappa shape index (κ1) is 48.8. The maximum atomic E-state index is 12.3. The summed E-state index contributed by atoms with van der Waals surface area (Å²) >= 11 is 0. The maximum absolute atomic E-state index is 12.3. The molecule has 0 aliphatic carbocycles. The van der Waals surface area contributed by atoms with E-state index in [4.69, 9.17) is 9.97 Å². The van der Waals surface area contributed by atoms with E-state index in [0.29, 0.717) is 11.4 Å². The topological polar surface area (TPSA) is 50.9 Å². The molecule has 0 aliphatic rings. The third-order valence-corrected chi connectivity index (χ3v) is 13.3. The van der Waals surface area contributed by atoms with E-state index < -0.39 is 0 Å². The van der Waals surface area contributed by atoms with E-state index in [1.54, 1.807) is 0 Å². The Balaban J connectivity index is 0.00000642. The number of phenols is 1. The quantitative estimate of drug-likeness (QED) is 0.154. The molecule has 0 saturated heterocycles. The van der Waals surface area contributed by atoms with Gasteiger partial charge in [0.05, 0.1) is 16.6 Å². The smallest absolute Gasteiger partial charge is 0.143 e. The zero-order valence-electron chi connectivity index (χ0n) is 41.8.